The zero-order chi connectivity index (χ0) is 20.1. The predicted octanol–water partition coefficient (Wildman–Crippen LogP) is 1.80. The molecule has 154 valence electrons. The molecule has 0 amide bonds. The number of likely N-dealkylation sites (tertiary alicyclic amines) is 1. The Balaban J connectivity index is 1.62. The van der Waals surface area contributed by atoms with Crippen molar-refractivity contribution in [2.24, 2.45) is 5.92 Å². The van der Waals surface area contributed by atoms with E-state index in [1.54, 1.807) is 0 Å². The van der Waals surface area contributed by atoms with Gasteiger partial charge in [0, 0.05) is 37.1 Å². The summed E-state index contributed by atoms with van der Waals surface area (Å²) in [5.74, 6) is 0.432. The summed E-state index contributed by atoms with van der Waals surface area (Å²) in [5.41, 5.74) is -0.319. The lowest BCUT2D eigenvalue weighted by atomic mass is 9.48. The number of carbonyl (C=O) groups is 2. The maximum atomic E-state index is 13.0. The van der Waals surface area contributed by atoms with Crippen molar-refractivity contribution in [1.29, 1.82) is 0 Å². The Hall–Kier alpha value is -2.28. The van der Waals surface area contributed by atoms with E-state index in [9.17, 15) is 19.8 Å². The Morgan fingerprint density at radius 2 is 2.10 bits per heavy atom. The van der Waals surface area contributed by atoms with E-state index in [0.29, 0.717) is 30.7 Å². The molecule has 1 aromatic carbocycles. The molecule has 2 aliphatic heterocycles. The first-order chi connectivity index (χ1) is 13.9. The first kappa shape index (κ1) is 17.6. The minimum atomic E-state index is -0.886. The zero-order valence-electron chi connectivity index (χ0n) is 16.4. The fourth-order valence-electron chi connectivity index (χ4n) is 6.77. The molecule has 1 spiro atoms. The molecule has 0 radical (unpaired) electrons. The second kappa shape index (κ2) is 5.45. The third-order valence-electron chi connectivity index (χ3n) is 7.95. The van der Waals surface area contributed by atoms with Crippen molar-refractivity contribution in [3.8, 4) is 17.2 Å². The number of benzene rings is 1. The lowest BCUT2D eigenvalue weighted by Crippen LogP contribution is -2.77. The SMILES string of the molecule is CC(=O)O[C@@]12CCC(=O)C3Oc4c(O)cc(O)c5c4[C@@]31CCN(CC1CC1)[C@@H]2C5. The van der Waals surface area contributed by atoms with Gasteiger partial charge < -0.3 is 19.7 Å². The largest absolute Gasteiger partial charge is 0.508 e. The number of phenols is 2. The van der Waals surface area contributed by atoms with Crippen molar-refractivity contribution in [1.82, 2.24) is 4.90 Å². The maximum Gasteiger partial charge on any atom is 0.303 e. The van der Waals surface area contributed by atoms with E-state index in [0.717, 1.165) is 18.7 Å². The van der Waals surface area contributed by atoms with E-state index in [1.807, 2.05) is 0 Å². The molecule has 7 nitrogen and oxygen atoms in total. The number of hydrogen-bond donors (Lipinski definition) is 2. The van der Waals surface area contributed by atoms with Crippen molar-refractivity contribution in [2.45, 2.75) is 68.6 Å². The summed E-state index contributed by atoms with van der Waals surface area (Å²) in [7, 11) is 0. The molecule has 2 heterocycles. The molecule has 5 aliphatic rings. The van der Waals surface area contributed by atoms with Gasteiger partial charge in [-0.05, 0) is 44.6 Å². The van der Waals surface area contributed by atoms with Crippen LogP contribution in [0.4, 0.5) is 0 Å². The summed E-state index contributed by atoms with van der Waals surface area (Å²) < 4.78 is 12.3. The van der Waals surface area contributed by atoms with E-state index >= 15 is 0 Å². The van der Waals surface area contributed by atoms with Gasteiger partial charge in [-0.15, -0.1) is 0 Å². The molecule has 2 N–H and O–H groups in total. The minimum absolute atomic E-state index is 0.0230. The van der Waals surface area contributed by atoms with Crippen LogP contribution in [-0.4, -0.2) is 57.7 Å². The lowest BCUT2D eigenvalue weighted by Gasteiger charge is -2.63. The Labute approximate surface area is 168 Å². The average molecular weight is 399 g/mol. The standard InChI is InChI=1S/C22H25NO6/c1-11(24)29-22-5-4-14(25)20-21(22)6-7-23(10-12-2-3-12)17(22)8-13-15(26)9-16(27)19(28-20)18(13)21/h9,12,17,20,26-27H,2-8,10H2,1H3/t17-,20?,21+,22-/m1/s1. The highest BCUT2D eigenvalue weighted by Crippen LogP contribution is 2.67. The van der Waals surface area contributed by atoms with Crippen LogP contribution in [0.1, 0.15) is 50.2 Å². The van der Waals surface area contributed by atoms with Crippen molar-refractivity contribution in [2.75, 3.05) is 13.1 Å². The van der Waals surface area contributed by atoms with Gasteiger partial charge in [-0.2, -0.15) is 0 Å². The lowest BCUT2D eigenvalue weighted by molar-refractivity contribution is -0.214. The number of carbonyl (C=O) groups excluding carboxylic acids is 2. The second-order valence-electron chi connectivity index (χ2n) is 9.42. The van der Waals surface area contributed by atoms with Crippen LogP contribution in [0.3, 0.4) is 0 Å². The molecule has 1 aromatic rings. The van der Waals surface area contributed by atoms with Crippen molar-refractivity contribution < 1.29 is 29.3 Å². The third kappa shape index (κ3) is 2.02. The molecule has 2 saturated carbocycles. The van der Waals surface area contributed by atoms with Gasteiger partial charge in [0.15, 0.2) is 23.4 Å². The number of phenolic OH excluding ortho intramolecular Hbond substituents is 2. The number of aromatic hydroxyl groups is 2. The summed E-state index contributed by atoms with van der Waals surface area (Å²) in [6, 6.07) is 1.20. The normalized spacial score (nSPS) is 37.1. The van der Waals surface area contributed by atoms with Gasteiger partial charge in [-0.3, -0.25) is 14.5 Å². The van der Waals surface area contributed by atoms with Crippen molar-refractivity contribution in [3.63, 3.8) is 0 Å². The maximum absolute atomic E-state index is 13.0. The fraction of sp³-hybridized carbons (Fsp3) is 0.636. The van der Waals surface area contributed by atoms with Crippen LogP contribution in [-0.2, 0) is 26.2 Å². The number of Topliss-reactive ketones (excluding diaryl/α,β-unsaturated/α-hetero) is 1. The summed E-state index contributed by atoms with van der Waals surface area (Å²) >= 11 is 0. The Bertz CT molecular complexity index is 955. The van der Waals surface area contributed by atoms with E-state index < -0.39 is 17.1 Å². The van der Waals surface area contributed by atoms with Crippen LogP contribution in [0.5, 0.6) is 17.2 Å². The first-order valence-corrected chi connectivity index (χ1v) is 10.6. The van der Waals surface area contributed by atoms with Crippen molar-refractivity contribution >= 4 is 11.8 Å². The van der Waals surface area contributed by atoms with Crippen LogP contribution < -0.4 is 4.74 Å². The second-order valence-corrected chi connectivity index (χ2v) is 9.42. The molecule has 3 fully saturated rings. The van der Waals surface area contributed by atoms with Gasteiger partial charge in [0.05, 0.1) is 11.5 Å². The summed E-state index contributed by atoms with van der Waals surface area (Å²) in [4.78, 5) is 27.7. The van der Waals surface area contributed by atoms with Gasteiger partial charge >= 0.3 is 5.97 Å². The molecular weight excluding hydrogens is 374 g/mol. The molecule has 0 aromatic heterocycles. The van der Waals surface area contributed by atoms with Crippen molar-refractivity contribution in [3.05, 3.63) is 17.2 Å². The third-order valence-corrected chi connectivity index (χ3v) is 7.95. The summed E-state index contributed by atoms with van der Waals surface area (Å²) in [5, 5.41) is 21.2. The summed E-state index contributed by atoms with van der Waals surface area (Å²) in [6.07, 6.45) is 3.50. The quantitative estimate of drug-likeness (QED) is 0.748. The van der Waals surface area contributed by atoms with Crippen LogP contribution in [0, 0.1) is 5.92 Å². The summed E-state index contributed by atoms with van der Waals surface area (Å²) in [6.45, 7) is 3.15. The highest BCUT2D eigenvalue weighted by Gasteiger charge is 2.75. The Morgan fingerprint density at radius 3 is 2.83 bits per heavy atom. The van der Waals surface area contributed by atoms with E-state index in [-0.39, 0.29) is 41.5 Å². The van der Waals surface area contributed by atoms with Gasteiger partial charge in [0.25, 0.3) is 0 Å². The monoisotopic (exact) mass is 399 g/mol. The van der Waals surface area contributed by atoms with E-state index in [2.05, 4.69) is 4.90 Å². The number of rotatable bonds is 3. The molecule has 7 heteroatoms. The van der Waals surface area contributed by atoms with Crippen LogP contribution >= 0.6 is 0 Å². The molecule has 2 bridgehead atoms. The first-order valence-electron chi connectivity index (χ1n) is 10.6. The highest BCUT2D eigenvalue weighted by atomic mass is 16.6. The molecular formula is C22H25NO6. The zero-order valence-corrected chi connectivity index (χ0v) is 16.4. The number of nitrogens with zero attached hydrogens (tertiary/aromatic N) is 1. The van der Waals surface area contributed by atoms with E-state index in [4.69, 9.17) is 9.47 Å². The predicted molar refractivity (Wildman–Crippen MR) is 101 cm³/mol. The number of ether oxygens (including phenoxy) is 2. The van der Waals surface area contributed by atoms with Gasteiger partial charge in [-0.25, -0.2) is 0 Å². The highest BCUT2D eigenvalue weighted by molar-refractivity contribution is 5.90. The molecule has 4 atom stereocenters. The van der Waals surface area contributed by atoms with Crippen LogP contribution in [0.2, 0.25) is 0 Å². The van der Waals surface area contributed by atoms with E-state index in [1.165, 1.54) is 25.8 Å². The minimum Gasteiger partial charge on any atom is -0.508 e. The molecule has 1 saturated heterocycles. The van der Waals surface area contributed by atoms with Gasteiger partial charge in [0.2, 0.25) is 0 Å². The molecule has 6 rings (SSSR count). The number of hydrogen-bond acceptors (Lipinski definition) is 7. The van der Waals surface area contributed by atoms with Crippen LogP contribution in [0.25, 0.3) is 0 Å². The average Bonchev–Trinajstić information content (AvgIpc) is 3.39. The molecule has 29 heavy (non-hydrogen) atoms. The number of esters is 1. The Morgan fingerprint density at radius 1 is 1.31 bits per heavy atom. The molecule has 1 unspecified atom stereocenters. The number of ketones is 1. The smallest absolute Gasteiger partial charge is 0.303 e. The Kier molecular flexibility index (Phi) is 3.30. The fourth-order valence-corrected chi connectivity index (χ4v) is 6.77. The molecule has 3 aliphatic carbocycles. The van der Waals surface area contributed by atoms with Gasteiger partial charge in [0.1, 0.15) is 11.4 Å². The van der Waals surface area contributed by atoms with Crippen LogP contribution in [0.15, 0.2) is 6.07 Å². The number of piperidine rings is 1. The topological polar surface area (TPSA) is 96.3 Å². The van der Waals surface area contributed by atoms with Gasteiger partial charge in [-0.1, -0.05) is 0 Å².